The standard InChI is InChI=1S/C57H36N4O/c1-4-12-39(13-5-1)50-36-51(60-57(59-50)42-14-6-2-7-15-42)40-24-20-37(21-25-40)38-22-26-41(27-23-38)55-56-47(32-33-58-55)49-35-44(29-31-54(49)62-56)43-28-30-53-48(34-43)46-18-10-11-19-52(46)61(53)45-16-8-3-9-17-45/h1-36H. The Hall–Kier alpha value is -8.41. The molecule has 8 aromatic carbocycles. The van der Waals surface area contributed by atoms with Gasteiger partial charge in [0.05, 0.1) is 22.4 Å². The summed E-state index contributed by atoms with van der Waals surface area (Å²) >= 11 is 0. The molecule has 0 aliphatic carbocycles. The first-order valence-electron chi connectivity index (χ1n) is 20.8. The van der Waals surface area contributed by atoms with Crippen molar-refractivity contribution >= 4 is 43.7 Å². The molecule has 0 atom stereocenters. The van der Waals surface area contributed by atoms with Gasteiger partial charge < -0.3 is 8.98 Å². The lowest BCUT2D eigenvalue weighted by molar-refractivity contribution is 0.668. The maximum Gasteiger partial charge on any atom is 0.161 e. The van der Waals surface area contributed by atoms with E-state index < -0.39 is 0 Å². The first kappa shape index (κ1) is 35.5. The third kappa shape index (κ3) is 6.14. The Bertz CT molecular complexity index is 3540. The van der Waals surface area contributed by atoms with E-state index in [4.69, 9.17) is 19.4 Å². The van der Waals surface area contributed by atoms with Crippen LogP contribution in [-0.4, -0.2) is 19.5 Å². The molecule has 0 amide bonds. The first-order valence-corrected chi connectivity index (χ1v) is 20.8. The molecule has 0 radical (unpaired) electrons. The average Bonchev–Trinajstić information content (AvgIpc) is 3.90. The van der Waals surface area contributed by atoms with E-state index >= 15 is 0 Å². The minimum atomic E-state index is 0.705. The average molecular weight is 793 g/mol. The van der Waals surface area contributed by atoms with Crippen LogP contribution in [0.1, 0.15) is 0 Å². The first-order chi connectivity index (χ1) is 30.7. The number of rotatable bonds is 7. The van der Waals surface area contributed by atoms with Crippen LogP contribution in [0.3, 0.4) is 0 Å². The minimum Gasteiger partial charge on any atom is -0.454 e. The number of benzene rings is 8. The molecule has 0 saturated heterocycles. The SMILES string of the molecule is c1ccc(-c2cc(-c3ccc(-c4ccc(-c5nccc6c5oc5ccc(-c7ccc8c(c7)c7ccccc7n8-c7ccccc7)cc56)cc4)cc3)nc(-c3ccccc3)n2)cc1. The van der Waals surface area contributed by atoms with Gasteiger partial charge in [-0.2, -0.15) is 0 Å². The summed E-state index contributed by atoms with van der Waals surface area (Å²) in [7, 11) is 0. The van der Waals surface area contributed by atoms with Crippen molar-refractivity contribution in [1.29, 1.82) is 0 Å². The highest BCUT2D eigenvalue weighted by atomic mass is 16.3. The zero-order valence-electron chi connectivity index (χ0n) is 33.5. The minimum absolute atomic E-state index is 0.705. The number of nitrogens with zero attached hydrogens (tertiary/aromatic N) is 4. The number of aromatic nitrogens is 4. The van der Waals surface area contributed by atoms with Gasteiger partial charge in [0, 0.05) is 55.7 Å². The quantitative estimate of drug-likeness (QED) is 0.161. The lowest BCUT2D eigenvalue weighted by atomic mass is 9.99. The van der Waals surface area contributed by atoms with Crippen molar-refractivity contribution < 1.29 is 4.42 Å². The van der Waals surface area contributed by atoms with E-state index in [1.165, 1.54) is 21.8 Å². The molecule has 5 heteroatoms. The van der Waals surface area contributed by atoms with Crippen molar-refractivity contribution in [1.82, 2.24) is 19.5 Å². The highest BCUT2D eigenvalue weighted by molar-refractivity contribution is 6.12. The van der Waals surface area contributed by atoms with Crippen molar-refractivity contribution in [2.24, 2.45) is 0 Å². The van der Waals surface area contributed by atoms with Gasteiger partial charge >= 0.3 is 0 Å². The lowest BCUT2D eigenvalue weighted by Crippen LogP contribution is -1.95. The van der Waals surface area contributed by atoms with Gasteiger partial charge in [-0.3, -0.25) is 4.98 Å². The van der Waals surface area contributed by atoms with E-state index in [0.29, 0.717) is 5.82 Å². The molecule has 0 spiro atoms. The zero-order valence-corrected chi connectivity index (χ0v) is 33.5. The summed E-state index contributed by atoms with van der Waals surface area (Å²) in [6.45, 7) is 0. The Morgan fingerprint density at radius 1 is 0.355 bits per heavy atom. The molecule has 0 fully saturated rings. The molecular formula is C57H36N4O. The third-order valence-corrected chi connectivity index (χ3v) is 11.9. The molecule has 12 aromatic rings. The van der Waals surface area contributed by atoms with Gasteiger partial charge in [0.15, 0.2) is 11.4 Å². The molecule has 290 valence electrons. The van der Waals surface area contributed by atoms with Crippen LogP contribution in [0.5, 0.6) is 0 Å². The molecule has 4 heterocycles. The molecule has 0 bridgehead atoms. The van der Waals surface area contributed by atoms with Gasteiger partial charge in [0.25, 0.3) is 0 Å². The Morgan fingerprint density at radius 2 is 0.887 bits per heavy atom. The molecule has 0 aliphatic heterocycles. The maximum absolute atomic E-state index is 6.58. The summed E-state index contributed by atoms with van der Waals surface area (Å²) in [6, 6.07) is 74.2. The number of para-hydroxylation sites is 2. The summed E-state index contributed by atoms with van der Waals surface area (Å²) in [6.07, 6.45) is 1.88. The van der Waals surface area contributed by atoms with E-state index in [-0.39, 0.29) is 0 Å². The molecule has 4 aromatic heterocycles. The molecule has 0 aliphatic rings. The van der Waals surface area contributed by atoms with E-state index in [2.05, 4.69) is 180 Å². The predicted octanol–water partition coefficient (Wildman–Crippen LogP) is 14.9. The van der Waals surface area contributed by atoms with Crippen LogP contribution < -0.4 is 0 Å². The Balaban J connectivity index is 0.854. The summed E-state index contributed by atoms with van der Waals surface area (Å²) in [5, 5.41) is 4.58. The number of fused-ring (bicyclic) bond motifs is 6. The van der Waals surface area contributed by atoms with Crippen molar-refractivity contribution in [2.45, 2.75) is 0 Å². The molecule has 5 nitrogen and oxygen atoms in total. The molecule has 0 unspecified atom stereocenters. The van der Waals surface area contributed by atoms with Gasteiger partial charge in [-0.1, -0.05) is 158 Å². The molecule has 0 N–H and O–H groups in total. The molecule has 62 heavy (non-hydrogen) atoms. The van der Waals surface area contributed by atoms with Crippen LogP contribution >= 0.6 is 0 Å². The lowest BCUT2D eigenvalue weighted by Gasteiger charge is -2.10. The molecule has 12 rings (SSSR count). The van der Waals surface area contributed by atoms with E-state index in [9.17, 15) is 0 Å². The monoisotopic (exact) mass is 792 g/mol. The van der Waals surface area contributed by atoms with Gasteiger partial charge in [0.1, 0.15) is 11.3 Å². The van der Waals surface area contributed by atoms with E-state index in [1.807, 2.05) is 42.6 Å². The summed E-state index contributed by atoms with van der Waals surface area (Å²) in [4.78, 5) is 14.8. The third-order valence-electron chi connectivity index (χ3n) is 11.9. The fourth-order valence-electron chi connectivity index (χ4n) is 8.82. The second-order valence-electron chi connectivity index (χ2n) is 15.6. The van der Waals surface area contributed by atoms with E-state index in [1.54, 1.807) is 0 Å². The second kappa shape index (κ2) is 14.7. The van der Waals surface area contributed by atoms with Crippen LogP contribution in [0.25, 0.3) is 117 Å². The summed E-state index contributed by atoms with van der Waals surface area (Å²) < 4.78 is 8.93. The van der Waals surface area contributed by atoms with Crippen LogP contribution in [0.2, 0.25) is 0 Å². The summed E-state index contributed by atoms with van der Waals surface area (Å²) in [5.41, 5.74) is 16.4. The Morgan fingerprint density at radius 3 is 1.60 bits per heavy atom. The summed E-state index contributed by atoms with van der Waals surface area (Å²) in [5.74, 6) is 0.705. The number of pyridine rings is 1. The van der Waals surface area contributed by atoms with Gasteiger partial charge in [0.2, 0.25) is 0 Å². The fraction of sp³-hybridized carbons (Fsp3) is 0. The fourth-order valence-corrected chi connectivity index (χ4v) is 8.82. The van der Waals surface area contributed by atoms with Gasteiger partial charge in [-0.25, -0.2) is 9.97 Å². The topological polar surface area (TPSA) is 56.7 Å². The van der Waals surface area contributed by atoms with Crippen LogP contribution in [-0.2, 0) is 0 Å². The Kier molecular flexibility index (Phi) is 8.42. The van der Waals surface area contributed by atoms with Gasteiger partial charge in [-0.15, -0.1) is 0 Å². The van der Waals surface area contributed by atoms with Crippen molar-refractivity contribution in [3.05, 3.63) is 219 Å². The molecule has 0 saturated carbocycles. The van der Waals surface area contributed by atoms with E-state index in [0.717, 1.165) is 89.2 Å². The van der Waals surface area contributed by atoms with Gasteiger partial charge in [-0.05, 0) is 76.9 Å². The molecular weight excluding hydrogens is 757 g/mol. The van der Waals surface area contributed by atoms with Crippen molar-refractivity contribution in [2.75, 3.05) is 0 Å². The second-order valence-corrected chi connectivity index (χ2v) is 15.6. The Labute approximate surface area is 357 Å². The smallest absolute Gasteiger partial charge is 0.161 e. The predicted molar refractivity (Wildman–Crippen MR) is 254 cm³/mol. The number of furan rings is 1. The normalized spacial score (nSPS) is 11.5. The van der Waals surface area contributed by atoms with Crippen LogP contribution in [0.15, 0.2) is 223 Å². The highest BCUT2D eigenvalue weighted by Gasteiger charge is 2.17. The highest BCUT2D eigenvalue weighted by Crippen LogP contribution is 2.39. The van der Waals surface area contributed by atoms with Crippen molar-refractivity contribution in [3.8, 4) is 73.1 Å². The van der Waals surface area contributed by atoms with Crippen LogP contribution in [0.4, 0.5) is 0 Å². The largest absolute Gasteiger partial charge is 0.454 e. The van der Waals surface area contributed by atoms with Crippen molar-refractivity contribution in [3.63, 3.8) is 0 Å². The zero-order chi connectivity index (χ0) is 41.0. The number of hydrogen-bond donors (Lipinski definition) is 0. The van der Waals surface area contributed by atoms with Crippen LogP contribution in [0, 0.1) is 0 Å². The maximum atomic E-state index is 6.58. The number of hydrogen-bond acceptors (Lipinski definition) is 4.